The van der Waals surface area contributed by atoms with Gasteiger partial charge in [0.15, 0.2) is 17.3 Å². The minimum atomic E-state index is 0.145. The van der Waals surface area contributed by atoms with Gasteiger partial charge in [-0.1, -0.05) is 12.5 Å². The van der Waals surface area contributed by atoms with Gasteiger partial charge < -0.3 is 9.47 Å². The predicted molar refractivity (Wildman–Crippen MR) is 96.8 cm³/mol. The van der Waals surface area contributed by atoms with Crippen LogP contribution in [0.25, 0.3) is 5.65 Å². The maximum absolute atomic E-state index is 9.74. The quantitative estimate of drug-likeness (QED) is 0.712. The summed E-state index contributed by atoms with van der Waals surface area (Å²) in [6.45, 7) is 1.89. The molecular weight excluding hydrogens is 326 g/mol. The van der Waals surface area contributed by atoms with Crippen LogP contribution in [0.15, 0.2) is 24.4 Å². The molecule has 0 saturated carbocycles. The van der Waals surface area contributed by atoms with Crippen LogP contribution in [0.5, 0.6) is 0 Å². The molecular formula is C19H21N7. The topological polar surface area (TPSA) is 75.0 Å². The van der Waals surface area contributed by atoms with Crippen LogP contribution in [0.2, 0.25) is 0 Å². The molecule has 0 aromatic carbocycles. The molecule has 26 heavy (non-hydrogen) atoms. The zero-order chi connectivity index (χ0) is 17.5. The van der Waals surface area contributed by atoms with Crippen LogP contribution in [0, 0.1) is 11.3 Å². The molecule has 7 heteroatoms. The van der Waals surface area contributed by atoms with E-state index in [-0.39, 0.29) is 6.04 Å². The molecule has 0 N–H and O–H groups in total. The number of aromatic nitrogens is 5. The van der Waals surface area contributed by atoms with Crippen LogP contribution in [0.1, 0.15) is 55.5 Å². The standard InChI is InChI=1S/C19H21N7/c20-13-15-18(21-16-8-3-5-10-24(15)16)25-12-6-7-14(25)19-23-22-17-9-2-1-4-11-26(17)19/h3,5,8,10,14H,1-2,4,6-7,9,11-12H2/t14-/m1/s1. The number of imidazole rings is 1. The largest absolute Gasteiger partial charge is 0.344 e. The number of pyridine rings is 1. The van der Waals surface area contributed by atoms with Crippen LogP contribution in [0.3, 0.4) is 0 Å². The Morgan fingerprint density at radius 3 is 2.96 bits per heavy atom. The number of nitriles is 1. The van der Waals surface area contributed by atoms with Crippen molar-refractivity contribution in [2.75, 3.05) is 11.4 Å². The average Bonchev–Trinajstić information content (AvgIpc) is 3.33. The second kappa shape index (κ2) is 6.13. The van der Waals surface area contributed by atoms with Gasteiger partial charge in [-0.25, -0.2) is 4.98 Å². The molecule has 1 fully saturated rings. The van der Waals surface area contributed by atoms with Crippen molar-refractivity contribution < 1.29 is 0 Å². The van der Waals surface area contributed by atoms with Crippen molar-refractivity contribution in [2.24, 2.45) is 0 Å². The highest BCUT2D eigenvalue weighted by Gasteiger charge is 2.34. The Morgan fingerprint density at radius 2 is 2.04 bits per heavy atom. The molecule has 7 nitrogen and oxygen atoms in total. The molecule has 0 radical (unpaired) electrons. The first-order valence-corrected chi connectivity index (χ1v) is 9.42. The van der Waals surface area contributed by atoms with Gasteiger partial charge in [0.25, 0.3) is 0 Å². The first-order chi connectivity index (χ1) is 12.9. The SMILES string of the molecule is N#Cc1c(N2CCC[C@@H]2c2nnc3n2CCCCC3)nc2ccccn12. The molecule has 1 atom stereocenters. The summed E-state index contributed by atoms with van der Waals surface area (Å²) in [7, 11) is 0. The van der Waals surface area contributed by atoms with Gasteiger partial charge in [0.05, 0.1) is 6.04 Å². The highest BCUT2D eigenvalue weighted by molar-refractivity contribution is 5.61. The van der Waals surface area contributed by atoms with E-state index in [1.807, 2.05) is 28.8 Å². The second-order valence-electron chi connectivity index (χ2n) is 7.11. The van der Waals surface area contributed by atoms with Crippen LogP contribution >= 0.6 is 0 Å². The predicted octanol–water partition coefficient (Wildman–Crippen LogP) is 2.87. The lowest BCUT2D eigenvalue weighted by atomic mass is 10.2. The van der Waals surface area contributed by atoms with Gasteiger partial charge in [0.1, 0.15) is 17.5 Å². The van der Waals surface area contributed by atoms with E-state index in [0.29, 0.717) is 5.69 Å². The minimum absolute atomic E-state index is 0.145. The van der Waals surface area contributed by atoms with Crippen molar-refractivity contribution in [1.82, 2.24) is 24.1 Å². The molecule has 0 spiro atoms. The van der Waals surface area contributed by atoms with Gasteiger partial charge >= 0.3 is 0 Å². The molecule has 0 amide bonds. The fourth-order valence-electron chi connectivity index (χ4n) is 4.33. The Morgan fingerprint density at radius 1 is 1.08 bits per heavy atom. The third kappa shape index (κ3) is 2.29. The first-order valence-electron chi connectivity index (χ1n) is 9.42. The summed E-state index contributed by atoms with van der Waals surface area (Å²) >= 11 is 0. The van der Waals surface area contributed by atoms with E-state index in [1.54, 1.807) is 0 Å². The number of hydrogen-bond donors (Lipinski definition) is 0. The summed E-state index contributed by atoms with van der Waals surface area (Å²) in [6.07, 6.45) is 8.64. The Hall–Kier alpha value is -2.88. The third-order valence-electron chi connectivity index (χ3n) is 5.58. The highest BCUT2D eigenvalue weighted by atomic mass is 15.3. The number of fused-ring (bicyclic) bond motifs is 2. The number of rotatable bonds is 2. The van der Waals surface area contributed by atoms with E-state index in [2.05, 4.69) is 25.7 Å². The van der Waals surface area contributed by atoms with E-state index in [1.165, 1.54) is 19.3 Å². The van der Waals surface area contributed by atoms with Crippen LogP contribution in [-0.2, 0) is 13.0 Å². The van der Waals surface area contributed by atoms with E-state index < -0.39 is 0 Å². The first kappa shape index (κ1) is 15.4. The maximum Gasteiger partial charge on any atom is 0.169 e. The normalized spacial score (nSPS) is 20.1. The van der Waals surface area contributed by atoms with Crippen LogP contribution in [-0.4, -0.2) is 30.7 Å². The zero-order valence-electron chi connectivity index (χ0n) is 14.7. The van der Waals surface area contributed by atoms with Gasteiger partial charge in [-0.15, -0.1) is 10.2 Å². The van der Waals surface area contributed by atoms with Crippen molar-refractivity contribution in [2.45, 2.75) is 51.1 Å². The maximum atomic E-state index is 9.74. The van der Waals surface area contributed by atoms with Gasteiger partial charge in [-0.2, -0.15) is 5.26 Å². The molecule has 2 aliphatic heterocycles. The van der Waals surface area contributed by atoms with Crippen molar-refractivity contribution >= 4 is 11.5 Å². The minimum Gasteiger partial charge on any atom is -0.344 e. The van der Waals surface area contributed by atoms with Crippen molar-refractivity contribution in [3.05, 3.63) is 41.7 Å². The number of hydrogen-bond acceptors (Lipinski definition) is 5. The lowest BCUT2D eigenvalue weighted by Gasteiger charge is -2.24. The van der Waals surface area contributed by atoms with Crippen LogP contribution in [0.4, 0.5) is 5.82 Å². The summed E-state index contributed by atoms with van der Waals surface area (Å²) in [5, 5.41) is 18.8. The molecule has 5 rings (SSSR count). The van der Waals surface area contributed by atoms with Gasteiger partial charge in [0, 0.05) is 25.7 Å². The Kier molecular flexibility index (Phi) is 3.63. The number of anilines is 1. The Labute approximate surface area is 151 Å². The molecule has 0 bridgehead atoms. The fraction of sp³-hybridized carbons (Fsp3) is 0.474. The van der Waals surface area contributed by atoms with Gasteiger partial charge in [0.2, 0.25) is 0 Å². The van der Waals surface area contributed by atoms with Crippen molar-refractivity contribution in [1.29, 1.82) is 5.26 Å². The molecule has 1 saturated heterocycles. The summed E-state index contributed by atoms with van der Waals surface area (Å²) in [6, 6.07) is 8.32. The number of nitrogens with zero attached hydrogens (tertiary/aromatic N) is 7. The molecule has 3 aromatic heterocycles. The zero-order valence-corrected chi connectivity index (χ0v) is 14.7. The van der Waals surface area contributed by atoms with Gasteiger partial charge in [-0.3, -0.25) is 4.40 Å². The molecule has 132 valence electrons. The molecule has 3 aromatic rings. The molecule has 2 aliphatic rings. The van der Waals surface area contributed by atoms with Crippen molar-refractivity contribution in [3.63, 3.8) is 0 Å². The lowest BCUT2D eigenvalue weighted by molar-refractivity contribution is 0.558. The molecule has 5 heterocycles. The summed E-state index contributed by atoms with van der Waals surface area (Å²) < 4.78 is 4.19. The summed E-state index contributed by atoms with van der Waals surface area (Å²) in [5.74, 6) is 2.92. The van der Waals surface area contributed by atoms with E-state index >= 15 is 0 Å². The lowest BCUT2D eigenvalue weighted by Crippen LogP contribution is -2.26. The fourth-order valence-corrected chi connectivity index (χ4v) is 4.33. The summed E-state index contributed by atoms with van der Waals surface area (Å²) in [4.78, 5) is 7.02. The van der Waals surface area contributed by atoms with Crippen molar-refractivity contribution in [3.8, 4) is 6.07 Å². The summed E-state index contributed by atoms with van der Waals surface area (Å²) in [5.41, 5.74) is 1.41. The third-order valence-corrected chi connectivity index (χ3v) is 5.58. The van der Waals surface area contributed by atoms with E-state index in [9.17, 15) is 5.26 Å². The average molecular weight is 347 g/mol. The van der Waals surface area contributed by atoms with Crippen LogP contribution < -0.4 is 4.90 Å². The smallest absolute Gasteiger partial charge is 0.169 e. The second-order valence-corrected chi connectivity index (χ2v) is 7.11. The highest BCUT2D eigenvalue weighted by Crippen LogP contribution is 2.37. The van der Waals surface area contributed by atoms with E-state index in [0.717, 1.165) is 55.5 Å². The Bertz CT molecular complexity index is 993. The number of aryl methyl sites for hydroxylation is 1. The molecule has 0 unspecified atom stereocenters. The van der Waals surface area contributed by atoms with E-state index in [4.69, 9.17) is 4.98 Å². The molecule has 0 aliphatic carbocycles. The Balaban J connectivity index is 1.59. The monoisotopic (exact) mass is 347 g/mol. The van der Waals surface area contributed by atoms with Gasteiger partial charge in [-0.05, 0) is 37.8 Å².